The van der Waals surface area contributed by atoms with Gasteiger partial charge in [-0.1, -0.05) is 30.3 Å². The van der Waals surface area contributed by atoms with Crippen LogP contribution in [-0.2, 0) is 11.3 Å². The summed E-state index contributed by atoms with van der Waals surface area (Å²) < 4.78 is 0. The highest BCUT2D eigenvalue weighted by molar-refractivity contribution is 5.76. The van der Waals surface area contributed by atoms with Crippen LogP contribution in [0.3, 0.4) is 0 Å². The van der Waals surface area contributed by atoms with E-state index in [0.717, 1.165) is 37.2 Å². The number of piperidine rings is 1. The van der Waals surface area contributed by atoms with E-state index in [1.807, 2.05) is 30.0 Å². The lowest BCUT2D eigenvalue weighted by Gasteiger charge is -2.34. The third-order valence-corrected chi connectivity index (χ3v) is 4.95. The van der Waals surface area contributed by atoms with Crippen LogP contribution in [0.2, 0.25) is 0 Å². The van der Waals surface area contributed by atoms with E-state index in [1.165, 1.54) is 0 Å². The third kappa shape index (κ3) is 4.71. The Bertz CT molecular complexity index is 775. The molecule has 0 aliphatic carbocycles. The molecule has 3 rings (SSSR count). The summed E-state index contributed by atoms with van der Waals surface area (Å²) in [6.45, 7) is 5.08. The van der Waals surface area contributed by atoms with Crippen LogP contribution in [0, 0.1) is 5.92 Å². The zero-order chi connectivity index (χ0) is 18.4. The van der Waals surface area contributed by atoms with Crippen LogP contribution >= 0.6 is 0 Å². The molecule has 0 radical (unpaired) electrons. The number of anilines is 1. The Balaban J connectivity index is 1.60. The molecule has 1 fully saturated rings. The zero-order valence-corrected chi connectivity index (χ0v) is 15.2. The molecule has 0 spiro atoms. The highest BCUT2D eigenvalue weighted by Crippen LogP contribution is 2.24. The van der Waals surface area contributed by atoms with Crippen LogP contribution in [-0.4, -0.2) is 40.6 Å². The topological polar surface area (TPSA) is 69.3 Å². The molecule has 26 heavy (non-hydrogen) atoms. The van der Waals surface area contributed by atoms with Crippen molar-refractivity contribution in [3.05, 3.63) is 58.5 Å². The second-order valence-electron chi connectivity index (χ2n) is 6.86. The summed E-state index contributed by atoms with van der Waals surface area (Å²) in [6.07, 6.45) is 4.30. The molecule has 0 saturated carbocycles. The van der Waals surface area contributed by atoms with E-state index < -0.39 is 0 Å². The van der Waals surface area contributed by atoms with Gasteiger partial charge in [-0.25, -0.2) is 5.10 Å². The molecule has 6 heteroatoms. The predicted molar refractivity (Wildman–Crippen MR) is 102 cm³/mol. The number of hydrogen-bond donors (Lipinski definition) is 1. The summed E-state index contributed by atoms with van der Waals surface area (Å²) in [5.41, 5.74) is 1.80. The number of nitrogens with one attached hydrogen (secondary N) is 1. The number of H-pyrrole nitrogens is 1. The molecular formula is C20H26N4O2. The minimum atomic E-state index is -0.194. The van der Waals surface area contributed by atoms with Gasteiger partial charge in [0.25, 0.3) is 5.56 Å². The lowest BCUT2D eigenvalue weighted by molar-refractivity contribution is -0.132. The Labute approximate surface area is 153 Å². The number of aromatic nitrogens is 2. The first-order chi connectivity index (χ1) is 12.7. The van der Waals surface area contributed by atoms with Gasteiger partial charge in [-0.2, -0.15) is 5.10 Å². The number of nitrogens with zero attached hydrogens (tertiary/aromatic N) is 3. The van der Waals surface area contributed by atoms with Crippen LogP contribution in [0.1, 0.15) is 31.7 Å². The van der Waals surface area contributed by atoms with Gasteiger partial charge in [0.15, 0.2) is 0 Å². The summed E-state index contributed by atoms with van der Waals surface area (Å²) in [4.78, 5) is 28.4. The lowest BCUT2D eigenvalue weighted by Crippen LogP contribution is -2.39. The minimum absolute atomic E-state index is 0.194. The summed E-state index contributed by atoms with van der Waals surface area (Å²) in [5, 5.41) is 6.29. The molecule has 1 unspecified atom stereocenters. The van der Waals surface area contributed by atoms with E-state index in [0.29, 0.717) is 25.4 Å². The Kier molecular flexibility index (Phi) is 6.04. The van der Waals surface area contributed by atoms with Crippen molar-refractivity contribution in [2.75, 3.05) is 24.5 Å². The van der Waals surface area contributed by atoms with E-state index >= 15 is 0 Å². The Morgan fingerprint density at radius 2 is 2.15 bits per heavy atom. The fourth-order valence-electron chi connectivity index (χ4n) is 3.56. The molecule has 1 aromatic heterocycles. The van der Waals surface area contributed by atoms with Crippen molar-refractivity contribution in [1.82, 2.24) is 15.1 Å². The van der Waals surface area contributed by atoms with E-state index in [1.54, 1.807) is 12.3 Å². The monoisotopic (exact) mass is 354 g/mol. The van der Waals surface area contributed by atoms with Crippen molar-refractivity contribution in [2.24, 2.45) is 5.92 Å². The average Bonchev–Trinajstić information content (AvgIpc) is 2.67. The maximum absolute atomic E-state index is 12.8. The maximum atomic E-state index is 12.8. The number of carbonyl (C=O) groups is 1. The first kappa shape index (κ1) is 18.2. The molecule has 0 bridgehead atoms. The number of rotatable bonds is 6. The molecule has 1 N–H and O–H groups in total. The second-order valence-corrected chi connectivity index (χ2v) is 6.86. The van der Waals surface area contributed by atoms with Crippen molar-refractivity contribution in [2.45, 2.75) is 32.7 Å². The van der Waals surface area contributed by atoms with Crippen molar-refractivity contribution in [1.29, 1.82) is 0 Å². The fourth-order valence-corrected chi connectivity index (χ4v) is 3.56. The summed E-state index contributed by atoms with van der Waals surface area (Å²) in [5.74, 6) is 0.507. The molecule has 1 aliphatic rings. The van der Waals surface area contributed by atoms with Crippen molar-refractivity contribution in [3.63, 3.8) is 0 Å². The van der Waals surface area contributed by atoms with E-state index in [4.69, 9.17) is 0 Å². The van der Waals surface area contributed by atoms with Gasteiger partial charge >= 0.3 is 0 Å². The highest BCUT2D eigenvalue weighted by Gasteiger charge is 2.24. The molecule has 1 aliphatic heterocycles. The van der Waals surface area contributed by atoms with Gasteiger partial charge in [0.2, 0.25) is 5.91 Å². The smallest absolute Gasteiger partial charge is 0.266 e. The average molecular weight is 354 g/mol. The number of carbonyl (C=O) groups excluding carboxylic acids is 1. The molecule has 2 aromatic rings. The first-order valence-electron chi connectivity index (χ1n) is 9.27. The Morgan fingerprint density at radius 1 is 1.35 bits per heavy atom. The van der Waals surface area contributed by atoms with Gasteiger partial charge in [-0.3, -0.25) is 9.59 Å². The maximum Gasteiger partial charge on any atom is 0.266 e. The van der Waals surface area contributed by atoms with Gasteiger partial charge in [0.1, 0.15) is 0 Å². The van der Waals surface area contributed by atoms with Crippen LogP contribution < -0.4 is 10.5 Å². The third-order valence-electron chi connectivity index (χ3n) is 4.95. The van der Waals surface area contributed by atoms with E-state index in [9.17, 15) is 9.59 Å². The Morgan fingerprint density at radius 3 is 2.88 bits per heavy atom. The van der Waals surface area contributed by atoms with Crippen molar-refractivity contribution < 1.29 is 4.79 Å². The predicted octanol–water partition coefficient (Wildman–Crippen LogP) is 2.43. The van der Waals surface area contributed by atoms with Gasteiger partial charge in [-0.05, 0) is 31.2 Å². The van der Waals surface area contributed by atoms with Crippen molar-refractivity contribution >= 4 is 11.6 Å². The standard InChI is InChI=1S/C20H26N4O2/c1-2-23(14-16-7-4-3-5-8-16)20(26)11-17-9-6-10-24(15-17)18-12-19(25)22-21-13-18/h3-5,7-8,12-13,17H,2,6,9-11,14-15H2,1H3,(H,22,25). The fraction of sp³-hybridized carbons (Fsp3) is 0.450. The lowest BCUT2D eigenvalue weighted by atomic mass is 9.94. The minimum Gasteiger partial charge on any atom is -0.370 e. The van der Waals surface area contributed by atoms with Crippen LogP contribution in [0.25, 0.3) is 0 Å². The van der Waals surface area contributed by atoms with E-state index in [-0.39, 0.29) is 11.5 Å². The van der Waals surface area contributed by atoms with Gasteiger partial charge in [0, 0.05) is 38.7 Å². The van der Waals surface area contributed by atoms with Gasteiger partial charge in [0.05, 0.1) is 11.9 Å². The number of hydrogen-bond acceptors (Lipinski definition) is 4. The first-order valence-corrected chi connectivity index (χ1v) is 9.27. The van der Waals surface area contributed by atoms with Gasteiger partial charge in [-0.15, -0.1) is 0 Å². The summed E-state index contributed by atoms with van der Waals surface area (Å²) in [7, 11) is 0. The van der Waals surface area contributed by atoms with Gasteiger partial charge < -0.3 is 9.80 Å². The molecule has 1 saturated heterocycles. The second kappa shape index (κ2) is 8.65. The van der Waals surface area contributed by atoms with Crippen LogP contribution in [0.5, 0.6) is 0 Å². The quantitative estimate of drug-likeness (QED) is 0.865. The molecule has 138 valence electrons. The molecule has 6 nitrogen and oxygen atoms in total. The highest BCUT2D eigenvalue weighted by atomic mass is 16.2. The van der Waals surface area contributed by atoms with E-state index in [2.05, 4.69) is 27.2 Å². The summed E-state index contributed by atoms with van der Waals surface area (Å²) >= 11 is 0. The van der Waals surface area contributed by atoms with Crippen LogP contribution in [0.15, 0.2) is 47.4 Å². The summed E-state index contributed by atoms with van der Waals surface area (Å²) in [6, 6.07) is 11.7. The molecular weight excluding hydrogens is 328 g/mol. The largest absolute Gasteiger partial charge is 0.370 e. The number of amides is 1. The molecule has 1 atom stereocenters. The normalized spacial score (nSPS) is 17.1. The van der Waals surface area contributed by atoms with Crippen LogP contribution in [0.4, 0.5) is 5.69 Å². The number of aromatic amines is 1. The Hall–Kier alpha value is -2.63. The van der Waals surface area contributed by atoms with Crippen molar-refractivity contribution in [3.8, 4) is 0 Å². The SMILES string of the molecule is CCN(Cc1ccccc1)C(=O)CC1CCCN(c2cn[nH]c(=O)c2)C1. The number of benzene rings is 1. The molecule has 1 amide bonds. The molecule has 1 aromatic carbocycles. The zero-order valence-electron chi connectivity index (χ0n) is 15.2. The molecule has 2 heterocycles.